The first kappa shape index (κ1) is 20.2. The van der Waals surface area contributed by atoms with E-state index in [2.05, 4.69) is 15.3 Å². The van der Waals surface area contributed by atoms with Crippen LogP contribution < -0.4 is 5.32 Å². The van der Waals surface area contributed by atoms with Crippen LogP contribution in [-0.2, 0) is 5.66 Å². The quantitative estimate of drug-likeness (QED) is 0.393. The lowest BCUT2D eigenvalue weighted by atomic mass is 10.1. The average molecular weight is 394 g/mol. The van der Waals surface area contributed by atoms with Crippen molar-refractivity contribution < 1.29 is 31.7 Å². The van der Waals surface area contributed by atoms with Gasteiger partial charge in [-0.3, -0.25) is 0 Å². The molecule has 0 unspecified atom stereocenters. The summed E-state index contributed by atoms with van der Waals surface area (Å²) in [4.78, 5) is 25.6. The maximum absolute atomic E-state index is 13.9. The molecule has 1 heterocycles. The summed E-state index contributed by atoms with van der Waals surface area (Å²) in [5.41, 5.74) is -5.43. The molecule has 26 heavy (non-hydrogen) atoms. The fourth-order valence-corrected chi connectivity index (χ4v) is 2.50. The maximum atomic E-state index is 13.9. The predicted octanol–water partition coefficient (Wildman–Crippen LogP) is 3.60. The van der Waals surface area contributed by atoms with Crippen molar-refractivity contribution in [1.29, 1.82) is 5.26 Å². The van der Waals surface area contributed by atoms with Crippen LogP contribution in [0, 0.1) is 11.3 Å². The molecule has 3 N–H and O–H groups in total. The Bertz CT molecular complexity index is 838. The van der Waals surface area contributed by atoms with Gasteiger partial charge in [-0.2, -0.15) is 27.2 Å². The second kappa shape index (κ2) is 7.61. The number of alkyl halides is 5. The molecule has 1 aromatic carbocycles. The highest BCUT2D eigenvalue weighted by atomic mass is 31.2. The average Bonchev–Trinajstić information content (AvgIpc) is 2.56. The molecular formula is C14H12F5N4O2P. The van der Waals surface area contributed by atoms with Crippen LogP contribution in [0.1, 0.15) is 24.0 Å². The molecule has 6 nitrogen and oxygen atoms in total. The Kier molecular flexibility index (Phi) is 5.91. The fraction of sp³-hybridized carbons (Fsp3) is 0.357. The number of anilines is 1. The normalized spacial score (nSPS) is 12.4. The molecule has 1 aromatic heterocycles. The number of hydrogen-bond acceptors (Lipinski definition) is 6. The SMILES string of the molecule is N#Cc1cc2cnc(NCCCC(F)(F)F)nc2cc1C(F)(F)P(O)O. The van der Waals surface area contributed by atoms with Crippen molar-refractivity contribution in [2.45, 2.75) is 24.7 Å². The molecule has 0 aliphatic rings. The predicted molar refractivity (Wildman–Crippen MR) is 83.3 cm³/mol. The van der Waals surface area contributed by atoms with E-state index < -0.39 is 37.8 Å². The van der Waals surface area contributed by atoms with Gasteiger partial charge in [0.1, 0.15) is 0 Å². The van der Waals surface area contributed by atoms with Gasteiger partial charge in [0.05, 0.1) is 22.7 Å². The zero-order valence-electron chi connectivity index (χ0n) is 12.9. The third-order valence-electron chi connectivity index (χ3n) is 3.33. The van der Waals surface area contributed by atoms with Crippen LogP contribution in [0.4, 0.5) is 27.9 Å². The Labute approximate surface area is 145 Å². The third-order valence-corrected chi connectivity index (χ3v) is 4.08. The van der Waals surface area contributed by atoms with E-state index in [1.165, 1.54) is 6.20 Å². The lowest BCUT2D eigenvalue weighted by Crippen LogP contribution is -2.14. The van der Waals surface area contributed by atoms with E-state index in [0.29, 0.717) is 0 Å². The molecule has 0 aliphatic carbocycles. The first-order valence-corrected chi connectivity index (χ1v) is 8.37. The van der Waals surface area contributed by atoms with Crippen molar-refractivity contribution in [2.24, 2.45) is 0 Å². The van der Waals surface area contributed by atoms with Crippen LogP contribution in [-0.4, -0.2) is 32.5 Å². The molecule has 0 bridgehead atoms. The summed E-state index contributed by atoms with van der Waals surface area (Å²) >= 11 is 0. The molecule has 2 aromatic rings. The molecule has 0 atom stereocenters. The van der Waals surface area contributed by atoms with Gasteiger partial charge in [-0.1, -0.05) is 0 Å². The summed E-state index contributed by atoms with van der Waals surface area (Å²) < 4.78 is 64.1. The number of rotatable bonds is 6. The Morgan fingerprint density at radius 1 is 1.19 bits per heavy atom. The van der Waals surface area contributed by atoms with E-state index in [1.807, 2.05) is 0 Å². The smallest absolute Gasteiger partial charge is 0.354 e. The standard InChI is InChI=1S/C14H12F5N4O2P/c15-13(16,17)2-1-3-21-12-22-7-9-4-8(6-20)10(5-11(9)23-12)14(18,19)26(24)25/h4-5,7,24-25H,1-3H2,(H,21,22,23). The van der Waals surface area contributed by atoms with Gasteiger partial charge in [0, 0.05) is 24.5 Å². The van der Waals surface area contributed by atoms with Crippen molar-refractivity contribution in [2.75, 3.05) is 11.9 Å². The molecule has 2 rings (SSSR count). The van der Waals surface area contributed by atoms with Crippen LogP contribution in [0.15, 0.2) is 18.3 Å². The largest absolute Gasteiger partial charge is 0.389 e. The number of nitrogens with zero attached hydrogens (tertiary/aromatic N) is 3. The van der Waals surface area contributed by atoms with Gasteiger partial charge >= 0.3 is 11.8 Å². The van der Waals surface area contributed by atoms with Crippen LogP contribution >= 0.6 is 8.38 Å². The highest BCUT2D eigenvalue weighted by Gasteiger charge is 2.43. The summed E-state index contributed by atoms with van der Waals surface area (Å²) in [6.45, 7) is -0.0805. The molecule has 12 heteroatoms. The van der Waals surface area contributed by atoms with Crippen molar-refractivity contribution in [3.63, 3.8) is 0 Å². The lowest BCUT2D eigenvalue weighted by Gasteiger charge is -2.19. The number of halogens is 5. The van der Waals surface area contributed by atoms with Crippen molar-refractivity contribution >= 4 is 25.2 Å². The zero-order chi connectivity index (χ0) is 19.5. The summed E-state index contributed by atoms with van der Waals surface area (Å²) in [6.07, 6.45) is -4.28. The minimum atomic E-state index is -4.28. The first-order chi connectivity index (χ1) is 12.0. The molecule has 140 valence electrons. The van der Waals surface area contributed by atoms with E-state index in [1.54, 1.807) is 6.07 Å². The molecule has 0 saturated carbocycles. The third kappa shape index (κ3) is 4.72. The van der Waals surface area contributed by atoms with Gasteiger partial charge in [0.25, 0.3) is 0 Å². The van der Waals surface area contributed by atoms with E-state index in [-0.39, 0.29) is 29.8 Å². The van der Waals surface area contributed by atoms with Crippen LogP contribution in [0.25, 0.3) is 10.9 Å². The van der Waals surface area contributed by atoms with Gasteiger partial charge in [-0.05, 0) is 18.6 Å². The molecule has 0 fully saturated rings. The highest BCUT2D eigenvalue weighted by molar-refractivity contribution is 7.46. The molecule has 0 radical (unpaired) electrons. The van der Waals surface area contributed by atoms with Crippen LogP contribution in [0.2, 0.25) is 0 Å². The van der Waals surface area contributed by atoms with E-state index in [9.17, 15) is 22.0 Å². The van der Waals surface area contributed by atoms with Gasteiger partial charge in [0.2, 0.25) is 14.3 Å². The number of aromatic nitrogens is 2. The summed E-state index contributed by atoms with van der Waals surface area (Å²) in [6, 6.07) is 3.46. The lowest BCUT2D eigenvalue weighted by molar-refractivity contribution is -0.134. The minimum Gasteiger partial charge on any atom is -0.354 e. The van der Waals surface area contributed by atoms with E-state index >= 15 is 0 Å². The second-order valence-corrected chi connectivity index (χ2v) is 6.38. The van der Waals surface area contributed by atoms with Gasteiger partial charge in [-0.25, -0.2) is 9.97 Å². The highest BCUT2D eigenvalue weighted by Crippen LogP contribution is 2.53. The molecule has 0 amide bonds. The molecular weight excluding hydrogens is 382 g/mol. The van der Waals surface area contributed by atoms with Gasteiger partial charge in [-0.15, -0.1) is 0 Å². The minimum absolute atomic E-state index is 0.0242. The maximum Gasteiger partial charge on any atom is 0.389 e. The summed E-state index contributed by atoms with van der Waals surface area (Å²) in [7, 11) is -3.68. The summed E-state index contributed by atoms with van der Waals surface area (Å²) in [5, 5.41) is 11.8. The first-order valence-electron chi connectivity index (χ1n) is 7.12. The second-order valence-electron chi connectivity index (χ2n) is 5.24. The number of fused-ring (bicyclic) bond motifs is 1. The molecule has 0 saturated heterocycles. The Balaban J connectivity index is 2.29. The van der Waals surface area contributed by atoms with Gasteiger partial charge in [0.15, 0.2) is 0 Å². The van der Waals surface area contributed by atoms with E-state index in [4.69, 9.17) is 15.0 Å². The van der Waals surface area contributed by atoms with Crippen molar-refractivity contribution in [3.8, 4) is 6.07 Å². The number of nitriles is 1. The fourth-order valence-electron chi connectivity index (χ4n) is 2.10. The Morgan fingerprint density at radius 3 is 2.46 bits per heavy atom. The van der Waals surface area contributed by atoms with Gasteiger partial charge < -0.3 is 15.1 Å². The van der Waals surface area contributed by atoms with Crippen LogP contribution in [0.5, 0.6) is 0 Å². The van der Waals surface area contributed by atoms with Crippen LogP contribution in [0.3, 0.4) is 0 Å². The number of nitrogens with one attached hydrogen (secondary N) is 1. The molecule has 0 aliphatic heterocycles. The number of hydrogen-bond donors (Lipinski definition) is 3. The number of benzene rings is 1. The Hall–Kier alpha value is -2.15. The monoisotopic (exact) mass is 394 g/mol. The van der Waals surface area contributed by atoms with E-state index in [0.717, 1.165) is 12.1 Å². The molecule has 0 spiro atoms. The topological polar surface area (TPSA) is 102 Å². The van der Waals surface area contributed by atoms with Crippen molar-refractivity contribution in [3.05, 3.63) is 29.5 Å². The van der Waals surface area contributed by atoms with Crippen molar-refractivity contribution in [1.82, 2.24) is 9.97 Å². The summed E-state index contributed by atoms with van der Waals surface area (Å²) in [5.74, 6) is -0.0751. The Morgan fingerprint density at radius 2 is 1.88 bits per heavy atom. The zero-order valence-corrected chi connectivity index (χ0v) is 13.8.